The molecular weight excluding hydrogens is 379 g/mol. The summed E-state index contributed by atoms with van der Waals surface area (Å²) in [6.07, 6.45) is 5.18. The van der Waals surface area contributed by atoms with Crippen LogP contribution in [0.1, 0.15) is 45.4 Å². The van der Waals surface area contributed by atoms with Gasteiger partial charge >= 0.3 is 63.3 Å². The molecule has 0 saturated heterocycles. The van der Waals surface area contributed by atoms with Crippen LogP contribution in [0.3, 0.4) is 0 Å². The molecule has 4 N–H and O–H groups in total. The number of nitrogens with two attached hydrogens (primary N) is 2. The second-order valence-corrected chi connectivity index (χ2v) is 7.61. The number of carbonyl (C=O) groups excluding carboxylic acids is 3. The number of rotatable bonds is 13. The molecule has 0 aliphatic heterocycles. The molecule has 2 atom stereocenters. The van der Waals surface area contributed by atoms with Gasteiger partial charge in [0.25, 0.3) is 0 Å². The molecule has 10 heteroatoms. The van der Waals surface area contributed by atoms with Gasteiger partial charge in [0.15, 0.2) is 0 Å². The molecule has 0 aliphatic rings. The Hall–Kier alpha value is 0.866. The molecule has 0 bridgehead atoms. The van der Waals surface area contributed by atoms with Crippen LogP contribution < -0.4 is 68.0 Å². The van der Waals surface area contributed by atoms with E-state index in [-0.39, 0.29) is 69.3 Å². The van der Waals surface area contributed by atoms with Crippen molar-refractivity contribution in [3.05, 3.63) is 0 Å². The average molecular weight is 405 g/mol. The maximum atomic E-state index is 11.6. The van der Waals surface area contributed by atoms with E-state index in [2.05, 4.69) is 11.7 Å². The first kappa shape index (κ1) is 27.1. The standard InChI is InChI=1S/C14H26N2O5S2.K/c1-2-3-4-5-6-7-12(17)21-14(20)11(16)9-23-22-8-10(15)13(18)19;/h10-11H,2-9,15-16H2,1H3,(H,18,19);/q;+1/p-1/t10-,11-;/m0./s1. The van der Waals surface area contributed by atoms with Gasteiger partial charge in [0, 0.05) is 17.9 Å². The molecule has 0 aliphatic carbocycles. The van der Waals surface area contributed by atoms with E-state index in [9.17, 15) is 19.5 Å². The van der Waals surface area contributed by atoms with Crippen molar-refractivity contribution in [1.82, 2.24) is 0 Å². The minimum absolute atomic E-state index is 0. The first-order valence-electron chi connectivity index (χ1n) is 7.59. The van der Waals surface area contributed by atoms with E-state index in [4.69, 9.17) is 11.5 Å². The van der Waals surface area contributed by atoms with Crippen molar-refractivity contribution in [2.24, 2.45) is 11.5 Å². The van der Waals surface area contributed by atoms with Crippen molar-refractivity contribution in [2.45, 2.75) is 57.5 Å². The van der Waals surface area contributed by atoms with Crippen molar-refractivity contribution in [3.63, 3.8) is 0 Å². The maximum Gasteiger partial charge on any atom is 1.00 e. The third kappa shape index (κ3) is 15.1. The quantitative estimate of drug-likeness (QED) is 0.110. The zero-order chi connectivity index (χ0) is 17.7. The minimum atomic E-state index is -1.33. The van der Waals surface area contributed by atoms with Crippen molar-refractivity contribution in [3.8, 4) is 0 Å². The fourth-order valence-corrected chi connectivity index (χ4v) is 3.71. The van der Waals surface area contributed by atoms with Gasteiger partial charge in [-0.05, 0) is 6.42 Å². The van der Waals surface area contributed by atoms with E-state index in [0.29, 0.717) is 6.42 Å². The van der Waals surface area contributed by atoms with Crippen molar-refractivity contribution < 1.29 is 75.6 Å². The number of aliphatic carboxylic acids is 1. The van der Waals surface area contributed by atoms with Crippen LogP contribution in [0.15, 0.2) is 0 Å². The molecule has 0 rings (SSSR count). The second kappa shape index (κ2) is 17.3. The summed E-state index contributed by atoms with van der Waals surface area (Å²) < 4.78 is 4.68. The van der Waals surface area contributed by atoms with Gasteiger partial charge in [0.1, 0.15) is 6.04 Å². The van der Waals surface area contributed by atoms with Crippen molar-refractivity contribution in [2.75, 3.05) is 11.5 Å². The Kier molecular flexibility index (Phi) is 19.5. The number of unbranched alkanes of at least 4 members (excludes halogenated alkanes) is 4. The molecule has 0 aromatic heterocycles. The van der Waals surface area contributed by atoms with E-state index in [1.54, 1.807) is 0 Å². The number of hydrogen-bond donors (Lipinski definition) is 2. The molecule has 0 saturated carbocycles. The Labute approximate surface area is 193 Å². The maximum absolute atomic E-state index is 11.6. The predicted molar refractivity (Wildman–Crippen MR) is 90.3 cm³/mol. The number of hydrogen-bond acceptors (Lipinski definition) is 9. The first-order valence-corrected chi connectivity index (χ1v) is 10.1. The Bertz CT molecular complexity index is 388. The van der Waals surface area contributed by atoms with E-state index in [1.165, 1.54) is 21.6 Å². The van der Waals surface area contributed by atoms with Crippen LogP contribution in [0.5, 0.6) is 0 Å². The first-order chi connectivity index (χ1) is 10.9. The van der Waals surface area contributed by atoms with Gasteiger partial charge in [-0.15, -0.1) is 0 Å². The predicted octanol–water partition coefficient (Wildman–Crippen LogP) is -2.79. The fourth-order valence-electron chi connectivity index (χ4n) is 1.49. The Balaban J connectivity index is 0. The van der Waals surface area contributed by atoms with Crippen LogP contribution in [0.2, 0.25) is 0 Å². The summed E-state index contributed by atoms with van der Waals surface area (Å²) in [4.78, 5) is 33.5. The summed E-state index contributed by atoms with van der Waals surface area (Å²) in [5.41, 5.74) is 10.9. The molecule has 0 unspecified atom stereocenters. The number of carboxylic acid groups (broad SMARTS) is 1. The molecule has 0 heterocycles. The fraction of sp³-hybridized carbons (Fsp3) is 0.786. The molecule has 134 valence electrons. The molecule has 0 amide bonds. The summed E-state index contributed by atoms with van der Waals surface area (Å²) in [5, 5.41) is 10.4. The van der Waals surface area contributed by atoms with Crippen molar-refractivity contribution >= 4 is 39.5 Å². The Morgan fingerprint density at radius 1 is 1.00 bits per heavy atom. The minimum Gasteiger partial charge on any atom is -0.548 e. The van der Waals surface area contributed by atoms with Gasteiger partial charge in [-0.1, -0.05) is 54.2 Å². The average Bonchev–Trinajstić information content (AvgIpc) is 2.50. The van der Waals surface area contributed by atoms with Crippen LogP contribution in [0, 0.1) is 0 Å². The van der Waals surface area contributed by atoms with Crippen LogP contribution in [-0.2, 0) is 19.1 Å². The van der Waals surface area contributed by atoms with Gasteiger partial charge in [0.05, 0.1) is 12.0 Å². The third-order valence-corrected chi connectivity index (χ3v) is 5.36. The van der Waals surface area contributed by atoms with Gasteiger partial charge < -0.3 is 26.1 Å². The summed E-state index contributed by atoms with van der Waals surface area (Å²) in [7, 11) is 2.37. The molecule has 7 nitrogen and oxygen atoms in total. The number of carbonyl (C=O) groups is 3. The summed E-state index contributed by atoms with van der Waals surface area (Å²) in [5.74, 6) is -2.30. The van der Waals surface area contributed by atoms with E-state index in [1.807, 2.05) is 0 Å². The Morgan fingerprint density at radius 3 is 2.08 bits per heavy atom. The van der Waals surface area contributed by atoms with Gasteiger partial charge in [-0.3, -0.25) is 4.79 Å². The van der Waals surface area contributed by atoms with Crippen molar-refractivity contribution in [1.29, 1.82) is 0 Å². The second-order valence-electron chi connectivity index (χ2n) is 5.06. The normalized spacial score (nSPS) is 12.8. The molecular formula is C14H25KN2O5S2. The number of esters is 2. The van der Waals surface area contributed by atoms with E-state index >= 15 is 0 Å². The summed E-state index contributed by atoms with van der Waals surface area (Å²) in [6, 6.07) is -2.00. The van der Waals surface area contributed by atoms with Crippen LogP contribution in [0.4, 0.5) is 0 Å². The third-order valence-electron chi connectivity index (χ3n) is 2.88. The van der Waals surface area contributed by atoms with Gasteiger partial charge in [0.2, 0.25) is 0 Å². The topological polar surface area (TPSA) is 136 Å². The van der Waals surface area contributed by atoms with Crippen LogP contribution >= 0.6 is 21.6 Å². The molecule has 24 heavy (non-hydrogen) atoms. The largest absolute Gasteiger partial charge is 1.00 e. The van der Waals surface area contributed by atoms with Gasteiger partial charge in [-0.25, -0.2) is 4.79 Å². The Morgan fingerprint density at radius 2 is 1.54 bits per heavy atom. The van der Waals surface area contributed by atoms with Crippen LogP contribution in [0.25, 0.3) is 0 Å². The number of carboxylic acids is 1. The van der Waals surface area contributed by atoms with E-state index < -0.39 is 30.0 Å². The molecule has 0 radical (unpaired) electrons. The molecule has 0 aromatic carbocycles. The van der Waals surface area contributed by atoms with E-state index in [0.717, 1.165) is 25.7 Å². The van der Waals surface area contributed by atoms with Gasteiger partial charge in [-0.2, -0.15) is 0 Å². The molecule has 0 fully saturated rings. The summed E-state index contributed by atoms with van der Waals surface area (Å²) >= 11 is 0. The zero-order valence-electron chi connectivity index (χ0n) is 14.3. The monoisotopic (exact) mass is 404 g/mol. The SMILES string of the molecule is CCCCCCCC(=O)OC(=O)[C@@H](N)CSSC[C@H](N)C(=O)[O-].[K+]. The molecule has 0 spiro atoms. The number of ether oxygens (including phenoxy) is 1. The smallest absolute Gasteiger partial charge is 0.548 e. The van der Waals surface area contributed by atoms with Crippen LogP contribution in [-0.4, -0.2) is 41.5 Å². The zero-order valence-corrected chi connectivity index (χ0v) is 19.1. The summed E-state index contributed by atoms with van der Waals surface area (Å²) in [6.45, 7) is 2.11. The molecule has 0 aromatic rings.